The number of fused-ring (bicyclic) bond motifs is 1. The zero-order valence-corrected chi connectivity index (χ0v) is 17.6. The number of aryl methyl sites for hydroxylation is 1. The third kappa shape index (κ3) is 3.47. The van der Waals surface area contributed by atoms with Gasteiger partial charge in [-0.2, -0.15) is 0 Å². The molecule has 1 saturated heterocycles. The fourth-order valence-electron chi connectivity index (χ4n) is 3.42. The van der Waals surface area contributed by atoms with Gasteiger partial charge in [-0.15, -0.1) is 11.8 Å². The second kappa shape index (κ2) is 7.13. The first-order chi connectivity index (χ1) is 13.3. The summed E-state index contributed by atoms with van der Waals surface area (Å²) in [4.78, 5) is 19.7. The minimum atomic E-state index is 0.0514. The molecule has 3 aromatic rings. The number of aromatic nitrogens is 2. The summed E-state index contributed by atoms with van der Waals surface area (Å²) in [5, 5.41) is 0.961. The molecule has 0 bridgehead atoms. The molecule has 1 aliphatic rings. The van der Waals surface area contributed by atoms with E-state index >= 15 is 0 Å². The lowest BCUT2D eigenvalue weighted by Gasteiger charge is -2.20. The summed E-state index contributed by atoms with van der Waals surface area (Å²) in [6, 6.07) is 16.1. The number of thioether (sulfide) groups is 1. The summed E-state index contributed by atoms with van der Waals surface area (Å²) in [7, 11) is 2.01. The Kier molecular flexibility index (Phi) is 4.79. The number of rotatable bonds is 2. The highest BCUT2D eigenvalue weighted by molar-refractivity contribution is 8.03. The van der Waals surface area contributed by atoms with E-state index in [0.29, 0.717) is 0 Å². The minimum absolute atomic E-state index is 0.0514. The van der Waals surface area contributed by atoms with Crippen LogP contribution in [0.25, 0.3) is 17.1 Å². The topological polar surface area (TPSA) is 38.1 Å². The number of para-hydroxylation sites is 2. The number of amides is 1. The SMILES string of the molecule is Cn1c(/C=C2/SCCN2C(=O)c2ccc(C(C)(C)C)cc2)nc2ccccc21. The fourth-order valence-corrected chi connectivity index (χ4v) is 4.42. The van der Waals surface area contributed by atoms with Gasteiger partial charge in [0, 0.05) is 31.0 Å². The Morgan fingerprint density at radius 3 is 2.50 bits per heavy atom. The fraction of sp³-hybridized carbons (Fsp3) is 0.304. The van der Waals surface area contributed by atoms with Crippen molar-refractivity contribution in [2.24, 2.45) is 7.05 Å². The molecule has 0 spiro atoms. The number of nitrogens with zero attached hydrogens (tertiary/aromatic N) is 3. The van der Waals surface area contributed by atoms with Gasteiger partial charge < -0.3 is 9.47 Å². The van der Waals surface area contributed by atoms with Crippen LogP contribution in [-0.4, -0.2) is 32.7 Å². The van der Waals surface area contributed by atoms with Crippen LogP contribution in [0.5, 0.6) is 0 Å². The molecule has 0 radical (unpaired) electrons. The number of imidazole rings is 1. The van der Waals surface area contributed by atoms with Gasteiger partial charge in [0.15, 0.2) is 0 Å². The van der Waals surface area contributed by atoms with E-state index in [0.717, 1.165) is 39.7 Å². The van der Waals surface area contributed by atoms with Gasteiger partial charge >= 0.3 is 0 Å². The molecule has 1 aliphatic heterocycles. The zero-order chi connectivity index (χ0) is 19.9. The molecule has 5 heteroatoms. The lowest BCUT2D eigenvalue weighted by atomic mass is 9.86. The Morgan fingerprint density at radius 1 is 1.11 bits per heavy atom. The van der Waals surface area contributed by atoms with E-state index in [9.17, 15) is 4.79 Å². The molecule has 1 amide bonds. The van der Waals surface area contributed by atoms with Gasteiger partial charge in [-0.1, -0.05) is 45.0 Å². The van der Waals surface area contributed by atoms with Gasteiger partial charge in [-0.25, -0.2) is 4.98 Å². The van der Waals surface area contributed by atoms with E-state index in [4.69, 9.17) is 4.98 Å². The van der Waals surface area contributed by atoms with Crippen molar-refractivity contribution in [3.63, 3.8) is 0 Å². The molecule has 1 fully saturated rings. The zero-order valence-electron chi connectivity index (χ0n) is 16.8. The molecule has 0 saturated carbocycles. The van der Waals surface area contributed by atoms with Crippen molar-refractivity contribution in [2.45, 2.75) is 26.2 Å². The third-order valence-corrected chi connectivity index (χ3v) is 6.17. The molecular weight excluding hydrogens is 366 g/mol. The molecular formula is C23H25N3OS. The van der Waals surface area contributed by atoms with Crippen molar-refractivity contribution < 1.29 is 4.79 Å². The Labute approximate surface area is 170 Å². The van der Waals surface area contributed by atoms with Crippen LogP contribution < -0.4 is 0 Å². The molecule has 144 valence electrons. The van der Waals surface area contributed by atoms with Crippen LogP contribution in [0.2, 0.25) is 0 Å². The lowest BCUT2D eigenvalue weighted by Crippen LogP contribution is -2.27. The molecule has 28 heavy (non-hydrogen) atoms. The van der Waals surface area contributed by atoms with Gasteiger partial charge in [0.2, 0.25) is 0 Å². The van der Waals surface area contributed by atoms with E-state index in [1.165, 1.54) is 5.56 Å². The van der Waals surface area contributed by atoms with Gasteiger partial charge in [0.25, 0.3) is 5.91 Å². The van der Waals surface area contributed by atoms with Crippen molar-refractivity contribution in [2.75, 3.05) is 12.3 Å². The number of carbonyl (C=O) groups excluding carboxylic acids is 1. The molecule has 4 rings (SSSR count). The largest absolute Gasteiger partial charge is 0.328 e. The molecule has 4 nitrogen and oxygen atoms in total. The minimum Gasteiger partial charge on any atom is -0.328 e. The first kappa shape index (κ1) is 18.8. The van der Waals surface area contributed by atoms with Crippen molar-refractivity contribution in [3.05, 3.63) is 70.5 Å². The van der Waals surface area contributed by atoms with E-state index < -0.39 is 0 Å². The average Bonchev–Trinajstić information content (AvgIpc) is 3.26. The third-order valence-electron chi connectivity index (χ3n) is 5.15. The average molecular weight is 392 g/mol. The van der Waals surface area contributed by atoms with Gasteiger partial charge in [0.1, 0.15) is 5.82 Å². The molecule has 0 aliphatic carbocycles. The predicted octanol–water partition coefficient (Wildman–Crippen LogP) is 5.06. The molecule has 2 aromatic carbocycles. The highest BCUT2D eigenvalue weighted by atomic mass is 32.2. The lowest BCUT2D eigenvalue weighted by molar-refractivity contribution is 0.0831. The number of hydrogen-bond acceptors (Lipinski definition) is 3. The maximum absolute atomic E-state index is 13.1. The number of carbonyl (C=O) groups is 1. The van der Waals surface area contributed by atoms with E-state index in [1.807, 2.05) is 48.4 Å². The number of hydrogen-bond donors (Lipinski definition) is 0. The standard InChI is InChI=1S/C23H25N3OS/c1-23(2,3)17-11-9-16(10-12-17)22(27)26-13-14-28-21(26)15-20-24-18-7-5-6-8-19(18)25(20)4/h5-12,15H,13-14H2,1-4H3/b21-15+. The van der Waals surface area contributed by atoms with E-state index in [1.54, 1.807) is 11.8 Å². The Morgan fingerprint density at radius 2 is 1.82 bits per heavy atom. The molecule has 0 atom stereocenters. The Balaban J connectivity index is 1.63. The highest BCUT2D eigenvalue weighted by Gasteiger charge is 2.26. The van der Waals surface area contributed by atoms with Crippen LogP contribution in [0.3, 0.4) is 0 Å². The molecule has 0 N–H and O–H groups in total. The molecule has 1 aromatic heterocycles. The van der Waals surface area contributed by atoms with E-state index in [2.05, 4.69) is 43.5 Å². The second-order valence-electron chi connectivity index (χ2n) is 8.13. The quantitative estimate of drug-likeness (QED) is 0.613. The van der Waals surface area contributed by atoms with E-state index in [-0.39, 0.29) is 11.3 Å². The molecule has 2 heterocycles. The van der Waals surface area contributed by atoms with Crippen LogP contribution in [0.1, 0.15) is 42.5 Å². The molecule has 0 unspecified atom stereocenters. The number of benzene rings is 2. The highest BCUT2D eigenvalue weighted by Crippen LogP contribution is 2.32. The van der Waals surface area contributed by atoms with Crippen LogP contribution in [-0.2, 0) is 12.5 Å². The maximum Gasteiger partial charge on any atom is 0.258 e. The summed E-state index contributed by atoms with van der Waals surface area (Å²) >= 11 is 1.71. The van der Waals surface area contributed by atoms with Crippen LogP contribution in [0.15, 0.2) is 53.6 Å². The van der Waals surface area contributed by atoms with Gasteiger partial charge in [-0.3, -0.25) is 4.79 Å². The summed E-state index contributed by atoms with van der Waals surface area (Å²) in [6.07, 6.45) is 2.03. The first-order valence-corrected chi connectivity index (χ1v) is 10.5. The van der Waals surface area contributed by atoms with Gasteiger partial charge in [0.05, 0.1) is 16.1 Å². The smallest absolute Gasteiger partial charge is 0.258 e. The maximum atomic E-state index is 13.1. The summed E-state index contributed by atoms with van der Waals surface area (Å²) in [6.45, 7) is 7.26. The van der Waals surface area contributed by atoms with Crippen molar-refractivity contribution in [3.8, 4) is 0 Å². The van der Waals surface area contributed by atoms with Crippen molar-refractivity contribution >= 4 is 34.8 Å². The predicted molar refractivity (Wildman–Crippen MR) is 117 cm³/mol. The summed E-state index contributed by atoms with van der Waals surface area (Å²) < 4.78 is 2.07. The van der Waals surface area contributed by atoms with Crippen molar-refractivity contribution in [1.82, 2.24) is 14.5 Å². The Hall–Kier alpha value is -2.53. The van der Waals surface area contributed by atoms with Crippen molar-refractivity contribution in [1.29, 1.82) is 0 Å². The first-order valence-electron chi connectivity index (χ1n) is 9.53. The van der Waals surface area contributed by atoms with Crippen LogP contribution in [0.4, 0.5) is 0 Å². The monoisotopic (exact) mass is 391 g/mol. The van der Waals surface area contributed by atoms with Crippen LogP contribution in [0, 0.1) is 0 Å². The normalized spacial score (nSPS) is 16.3. The summed E-state index contributed by atoms with van der Waals surface area (Å²) in [5.41, 5.74) is 4.10. The second-order valence-corrected chi connectivity index (χ2v) is 9.25. The summed E-state index contributed by atoms with van der Waals surface area (Å²) in [5.74, 6) is 1.82. The Bertz CT molecular complexity index is 1060. The van der Waals surface area contributed by atoms with Gasteiger partial charge in [-0.05, 0) is 35.2 Å². The van der Waals surface area contributed by atoms with Crippen LogP contribution >= 0.6 is 11.8 Å².